The van der Waals surface area contributed by atoms with E-state index in [9.17, 15) is 14.7 Å². The number of nitrogens with one attached hydrogen (secondary N) is 1. The third kappa shape index (κ3) is 4.82. The third-order valence-corrected chi connectivity index (χ3v) is 4.23. The summed E-state index contributed by atoms with van der Waals surface area (Å²) in [6, 6.07) is 0. The van der Waals surface area contributed by atoms with Crippen molar-refractivity contribution in [3.05, 3.63) is 0 Å². The molecule has 0 unspecified atom stereocenters. The number of amides is 1. The number of nitrogens with zero attached hydrogens (tertiary/aromatic N) is 1. The Bertz CT molecular complexity index is 321. The van der Waals surface area contributed by atoms with Crippen LogP contribution in [0.1, 0.15) is 47.0 Å². The smallest absolute Gasteiger partial charge is 0.310 e. The summed E-state index contributed by atoms with van der Waals surface area (Å²) in [6.45, 7) is 8.18. The van der Waals surface area contributed by atoms with Crippen LogP contribution in [0.4, 0.5) is 0 Å². The zero-order chi connectivity index (χ0) is 15.3. The molecule has 0 aliphatic carbocycles. The molecule has 5 nitrogen and oxygen atoms in total. The molecule has 112 valence electrons. The molecule has 0 fully saturated rings. The minimum absolute atomic E-state index is 0.0405. The molecule has 0 aromatic rings. The fourth-order valence-corrected chi connectivity index (χ4v) is 1.72. The van der Waals surface area contributed by atoms with E-state index < -0.39 is 11.4 Å². The number of hydrogen-bond acceptors (Lipinski definition) is 3. The first kappa shape index (κ1) is 17.9. The quantitative estimate of drug-likeness (QED) is 0.706. The lowest BCUT2D eigenvalue weighted by molar-refractivity contribution is -0.152. The van der Waals surface area contributed by atoms with Crippen molar-refractivity contribution in [1.82, 2.24) is 10.2 Å². The predicted octanol–water partition coefficient (Wildman–Crippen LogP) is 1.72. The van der Waals surface area contributed by atoms with Gasteiger partial charge in [-0.25, -0.2) is 0 Å². The summed E-state index contributed by atoms with van der Waals surface area (Å²) in [5.74, 6) is -1.08. The van der Waals surface area contributed by atoms with Crippen LogP contribution in [0.2, 0.25) is 0 Å². The molecular weight excluding hydrogens is 244 g/mol. The molecule has 0 aromatic carbocycles. The maximum atomic E-state index is 12.0. The molecule has 0 aromatic heterocycles. The molecule has 19 heavy (non-hydrogen) atoms. The van der Waals surface area contributed by atoms with Crippen molar-refractivity contribution in [2.45, 2.75) is 52.5 Å². The van der Waals surface area contributed by atoms with Crippen molar-refractivity contribution in [2.24, 2.45) is 5.41 Å². The maximum Gasteiger partial charge on any atom is 0.310 e. The van der Waals surface area contributed by atoms with E-state index in [-0.39, 0.29) is 17.9 Å². The van der Waals surface area contributed by atoms with E-state index in [0.29, 0.717) is 19.4 Å². The van der Waals surface area contributed by atoms with Gasteiger partial charge in [-0.1, -0.05) is 13.8 Å². The van der Waals surface area contributed by atoms with Gasteiger partial charge < -0.3 is 15.3 Å². The van der Waals surface area contributed by atoms with Gasteiger partial charge in [0.05, 0.1) is 5.41 Å². The molecule has 0 bridgehead atoms. The molecule has 0 saturated carbocycles. The number of carboxylic acid groups (broad SMARTS) is 1. The minimum Gasteiger partial charge on any atom is -0.481 e. The van der Waals surface area contributed by atoms with Gasteiger partial charge in [0.1, 0.15) is 0 Å². The van der Waals surface area contributed by atoms with Gasteiger partial charge in [-0.2, -0.15) is 0 Å². The summed E-state index contributed by atoms with van der Waals surface area (Å²) >= 11 is 0. The van der Waals surface area contributed by atoms with E-state index in [4.69, 9.17) is 0 Å². The second-order valence-electron chi connectivity index (χ2n) is 5.95. The topological polar surface area (TPSA) is 69.6 Å². The Kier molecular flexibility index (Phi) is 6.49. The maximum absolute atomic E-state index is 12.0. The second kappa shape index (κ2) is 6.89. The summed E-state index contributed by atoms with van der Waals surface area (Å²) < 4.78 is 0. The van der Waals surface area contributed by atoms with Gasteiger partial charge in [0, 0.05) is 18.5 Å². The lowest BCUT2D eigenvalue weighted by Crippen LogP contribution is -2.49. The summed E-state index contributed by atoms with van der Waals surface area (Å²) in [4.78, 5) is 25.3. The van der Waals surface area contributed by atoms with E-state index in [1.165, 1.54) is 0 Å². The number of hydrogen-bond donors (Lipinski definition) is 2. The van der Waals surface area contributed by atoms with E-state index in [1.807, 2.05) is 46.7 Å². The van der Waals surface area contributed by atoms with Crippen molar-refractivity contribution < 1.29 is 14.7 Å². The molecule has 0 aliphatic heterocycles. The molecule has 0 saturated heterocycles. The SMILES string of the molecule is CCC(CC)(CC(=O)NCC(C)(C)N(C)C)C(=O)O. The Morgan fingerprint density at radius 2 is 1.63 bits per heavy atom. The van der Waals surface area contributed by atoms with Crippen molar-refractivity contribution in [1.29, 1.82) is 0 Å². The predicted molar refractivity (Wildman–Crippen MR) is 76.0 cm³/mol. The normalized spacial score (nSPS) is 12.6. The molecule has 2 N–H and O–H groups in total. The number of aliphatic carboxylic acids is 1. The average molecular weight is 272 g/mol. The summed E-state index contributed by atoms with van der Waals surface area (Å²) in [6.07, 6.45) is 0.964. The van der Waals surface area contributed by atoms with E-state index in [1.54, 1.807) is 0 Å². The van der Waals surface area contributed by atoms with Gasteiger partial charge in [0.2, 0.25) is 5.91 Å². The van der Waals surface area contributed by atoms with Gasteiger partial charge >= 0.3 is 5.97 Å². The molecule has 5 heteroatoms. The number of likely N-dealkylation sites (N-methyl/N-ethyl adjacent to an activating group) is 1. The highest BCUT2D eigenvalue weighted by atomic mass is 16.4. The van der Waals surface area contributed by atoms with Crippen LogP contribution in [-0.2, 0) is 9.59 Å². The molecule has 0 heterocycles. The Hall–Kier alpha value is -1.10. The first-order valence-corrected chi connectivity index (χ1v) is 6.79. The average Bonchev–Trinajstić information content (AvgIpc) is 2.33. The number of carbonyl (C=O) groups is 2. The van der Waals surface area contributed by atoms with Crippen LogP contribution in [-0.4, -0.2) is 48.1 Å². The Balaban J connectivity index is 4.58. The highest BCUT2D eigenvalue weighted by molar-refractivity contribution is 5.84. The van der Waals surface area contributed by atoms with Crippen molar-refractivity contribution in [2.75, 3.05) is 20.6 Å². The fourth-order valence-electron chi connectivity index (χ4n) is 1.72. The van der Waals surface area contributed by atoms with Crippen molar-refractivity contribution in [3.8, 4) is 0 Å². The summed E-state index contributed by atoms with van der Waals surface area (Å²) in [5.41, 5.74) is -1.09. The Morgan fingerprint density at radius 1 is 1.16 bits per heavy atom. The van der Waals surface area contributed by atoms with Crippen LogP contribution in [0, 0.1) is 5.41 Å². The van der Waals surface area contributed by atoms with Gasteiger partial charge in [-0.05, 0) is 40.8 Å². The van der Waals surface area contributed by atoms with Gasteiger partial charge in [-0.15, -0.1) is 0 Å². The van der Waals surface area contributed by atoms with Gasteiger partial charge in [-0.3, -0.25) is 9.59 Å². The molecule has 0 rings (SSSR count). The Morgan fingerprint density at radius 3 is 1.95 bits per heavy atom. The minimum atomic E-state index is -0.938. The van der Waals surface area contributed by atoms with Crippen LogP contribution in [0.5, 0.6) is 0 Å². The monoisotopic (exact) mass is 272 g/mol. The molecular formula is C14H28N2O3. The lowest BCUT2D eigenvalue weighted by atomic mass is 9.79. The highest BCUT2D eigenvalue weighted by Gasteiger charge is 2.37. The molecule has 0 atom stereocenters. The standard InChI is InChI=1S/C14H28N2O3/c1-7-14(8-2,12(18)19)9-11(17)15-10-13(3,4)16(5)6/h7-10H2,1-6H3,(H,15,17)(H,18,19). The number of carbonyl (C=O) groups excluding carboxylic acids is 1. The second-order valence-corrected chi connectivity index (χ2v) is 5.95. The third-order valence-electron chi connectivity index (χ3n) is 4.23. The van der Waals surface area contributed by atoms with Crippen LogP contribution in [0.3, 0.4) is 0 Å². The van der Waals surface area contributed by atoms with Gasteiger partial charge in [0.15, 0.2) is 0 Å². The van der Waals surface area contributed by atoms with Crippen molar-refractivity contribution in [3.63, 3.8) is 0 Å². The highest BCUT2D eigenvalue weighted by Crippen LogP contribution is 2.30. The first-order valence-electron chi connectivity index (χ1n) is 6.79. The van der Waals surface area contributed by atoms with Crippen molar-refractivity contribution >= 4 is 11.9 Å². The zero-order valence-corrected chi connectivity index (χ0v) is 13.0. The van der Waals surface area contributed by atoms with Crippen LogP contribution < -0.4 is 5.32 Å². The fraction of sp³-hybridized carbons (Fsp3) is 0.857. The largest absolute Gasteiger partial charge is 0.481 e. The summed E-state index contributed by atoms with van der Waals surface area (Å²) in [5, 5.41) is 12.1. The zero-order valence-electron chi connectivity index (χ0n) is 13.0. The number of rotatable bonds is 8. The molecule has 0 spiro atoms. The van der Waals surface area contributed by atoms with E-state index >= 15 is 0 Å². The first-order chi connectivity index (χ1) is 8.61. The van der Waals surface area contributed by atoms with Crippen LogP contribution >= 0.6 is 0 Å². The van der Waals surface area contributed by atoms with Gasteiger partial charge in [0.25, 0.3) is 0 Å². The lowest BCUT2D eigenvalue weighted by Gasteiger charge is -2.33. The summed E-state index contributed by atoms with van der Waals surface area (Å²) in [7, 11) is 3.90. The Labute approximate surface area is 116 Å². The molecule has 0 radical (unpaired) electrons. The molecule has 1 amide bonds. The van der Waals surface area contributed by atoms with Crippen LogP contribution in [0.15, 0.2) is 0 Å². The van der Waals surface area contributed by atoms with E-state index in [2.05, 4.69) is 5.32 Å². The van der Waals surface area contributed by atoms with Crippen LogP contribution in [0.25, 0.3) is 0 Å². The molecule has 0 aliphatic rings. The number of carboxylic acids is 1. The van der Waals surface area contributed by atoms with E-state index in [0.717, 1.165) is 0 Å².